The Morgan fingerprint density at radius 2 is 0.882 bits per heavy atom. The number of imidazole rings is 1. The largest absolute Gasteiger partial charge is 0.296 e. The molecule has 0 fully saturated rings. The van der Waals surface area contributed by atoms with Gasteiger partial charge < -0.3 is 0 Å². The quantitative estimate of drug-likeness (QED) is 0.172. The molecule has 0 saturated carbocycles. The van der Waals surface area contributed by atoms with Gasteiger partial charge in [0, 0.05) is 33.5 Å². The van der Waals surface area contributed by atoms with E-state index in [4.69, 9.17) is 15.0 Å². The first-order valence-corrected chi connectivity index (χ1v) is 17.4. The molecule has 9 rings (SSSR count). The molecule has 8 aromatic rings. The lowest BCUT2D eigenvalue weighted by molar-refractivity contribution is 0.878. The lowest BCUT2D eigenvalue weighted by Gasteiger charge is -2.17. The molecule has 1 aliphatic carbocycles. The van der Waals surface area contributed by atoms with Crippen molar-refractivity contribution in [1.82, 2.24) is 19.5 Å². The summed E-state index contributed by atoms with van der Waals surface area (Å²) in [7, 11) is 0. The summed E-state index contributed by atoms with van der Waals surface area (Å²) in [4.78, 5) is 15.6. The van der Waals surface area contributed by atoms with E-state index in [1.165, 1.54) is 5.69 Å². The minimum absolute atomic E-state index is 0.704. The van der Waals surface area contributed by atoms with Crippen molar-refractivity contribution < 1.29 is 0 Å². The molecule has 2 aromatic heterocycles. The number of para-hydroxylation sites is 1. The van der Waals surface area contributed by atoms with Gasteiger partial charge in [-0.25, -0.2) is 15.0 Å². The second kappa shape index (κ2) is 13.3. The molecule has 4 heteroatoms. The van der Waals surface area contributed by atoms with Gasteiger partial charge in [0.2, 0.25) is 0 Å². The summed E-state index contributed by atoms with van der Waals surface area (Å²) in [5.74, 6) is 1.68. The topological polar surface area (TPSA) is 43.6 Å². The zero-order valence-electron chi connectivity index (χ0n) is 28.0. The fourth-order valence-corrected chi connectivity index (χ4v) is 7.01. The van der Waals surface area contributed by atoms with Crippen molar-refractivity contribution in [1.29, 1.82) is 0 Å². The smallest absolute Gasteiger partial charge is 0.160 e. The first kappa shape index (κ1) is 30.4. The Labute approximate surface area is 298 Å². The van der Waals surface area contributed by atoms with Crippen LogP contribution in [0.25, 0.3) is 79.3 Å². The SMILES string of the molecule is C1=Cc2nc(-c3ccc(-c4ccc(-c5nc(-c6ccccc6)nc(-c6ccccc6)c5-c5ccccc5)cc4)cc3)n(-c3ccccc3)c2CC1. The van der Waals surface area contributed by atoms with Gasteiger partial charge in [0.1, 0.15) is 5.82 Å². The maximum absolute atomic E-state index is 5.26. The molecule has 2 heterocycles. The van der Waals surface area contributed by atoms with Crippen LogP contribution in [0.4, 0.5) is 0 Å². The van der Waals surface area contributed by atoms with E-state index in [-0.39, 0.29) is 0 Å². The van der Waals surface area contributed by atoms with Crippen LogP contribution >= 0.6 is 0 Å². The molecule has 0 unspecified atom stereocenters. The fraction of sp³-hybridized carbons (Fsp3) is 0.0426. The average Bonchev–Trinajstić information content (AvgIpc) is 3.62. The van der Waals surface area contributed by atoms with Crippen molar-refractivity contribution in [3.8, 4) is 73.2 Å². The molecule has 4 nitrogen and oxygen atoms in total. The molecule has 6 aromatic carbocycles. The summed E-state index contributed by atoms with van der Waals surface area (Å²) < 4.78 is 2.32. The van der Waals surface area contributed by atoms with E-state index >= 15 is 0 Å². The summed E-state index contributed by atoms with van der Waals surface area (Å²) in [5.41, 5.74) is 13.8. The highest BCUT2D eigenvalue weighted by Gasteiger charge is 2.21. The standard InChI is InChI=1S/C47H34N4/c1-5-15-35(16-6-1)43-44(36-17-7-2-8-18-36)49-46(38-19-9-3-10-20-38)50-45(43)37-29-25-33(26-30-37)34-27-31-39(32-28-34)47-48-41-23-13-14-24-42(41)51(47)40-21-11-4-12-22-40/h1-13,15-23,25-32H,14,24H2. The zero-order valence-corrected chi connectivity index (χ0v) is 28.0. The van der Waals surface area contributed by atoms with E-state index in [1.807, 2.05) is 30.3 Å². The Kier molecular flexibility index (Phi) is 7.95. The number of benzene rings is 6. The highest BCUT2D eigenvalue weighted by Crippen LogP contribution is 2.40. The second-order valence-electron chi connectivity index (χ2n) is 12.8. The van der Waals surface area contributed by atoms with E-state index in [0.29, 0.717) is 5.82 Å². The molecule has 242 valence electrons. The monoisotopic (exact) mass is 654 g/mol. The van der Waals surface area contributed by atoms with Crippen LogP contribution in [0.1, 0.15) is 17.8 Å². The molecule has 0 atom stereocenters. The van der Waals surface area contributed by atoms with Crippen LogP contribution in [-0.4, -0.2) is 19.5 Å². The fourth-order valence-electron chi connectivity index (χ4n) is 7.01. The lowest BCUT2D eigenvalue weighted by atomic mass is 9.93. The Morgan fingerprint density at radius 3 is 1.47 bits per heavy atom. The molecule has 1 aliphatic rings. The number of nitrogens with zero attached hydrogens (tertiary/aromatic N) is 4. The molecule has 0 N–H and O–H groups in total. The van der Waals surface area contributed by atoms with E-state index in [9.17, 15) is 0 Å². The predicted octanol–water partition coefficient (Wildman–Crippen LogP) is 11.6. The number of hydrogen-bond donors (Lipinski definition) is 0. The van der Waals surface area contributed by atoms with Crippen molar-refractivity contribution in [2.75, 3.05) is 0 Å². The van der Waals surface area contributed by atoms with Gasteiger partial charge in [0.25, 0.3) is 0 Å². The Bertz CT molecular complexity index is 2470. The van der Waals surface area contributed by atoms with Crippen LogP contribution in [0.15, 0.2) is 176 Å². The maximum Gasteiger partial charge on any atom is 0.160 e. The Morgan fingerprint density at radius 1 is 0.412 bits per heavy atom. The van der Waals surface area contributed by atoms with Gasteiger partial charge >= 0.3 is 0 Å². The first-order valence-electron chi connectivity index (χ1n) is 17.4. The summed E-state index contributed by atoms with van der Waals surface area (Å²) in [5, 5.41) is 0. The predicted molar refractivity (Wildman–Crippen MR) is 209 cm³/mol. The minimum atomic E-state index is 0.704. The van der Waals surface area contributed by atoms with Gasteiger partial charge in [-0.15, -0.1) is 0 Å². The second-order valence-corrected chi connectivity index (χ2v) is 12.8. The van der Waals surface area contributed by atoms with Crippen LogP contribution < -0.4 is 0 Å². The van der Waals surface area contributed by atoms with E-state index < -0.39 is 0 Å². The zero-order chi connectivity index (χ0) is 34.0. The number of fused-ring (bicyclic) bond motifs is 1. The van der Waals surface area contributed by atoms with Gasteiger partial charge in [0.15, 0.2) is 5.82 Å². The van der Waals surface area contributed by atoms with Gasteiger partial charge in [-0.2, -0.15) is 0 Å². The normalized spacial score (nSPS) is 12.1. The van der Waals surface area contributed by atoms with Gasteiger partial charge in [-0.05, 0) is 47.7 Å². The minimum Gasteiger partial charge on any atom is -0.296 e. The van der Waals surface area contributed by atoms with Crippen LogP contribution in [0, 0.1) is 0 Å². The van der Waals surface area contributed by atoms with Crippen LogP contribution in [-0.2, 0) is 6.42 Å². The van der Waals surface area contributed by atoms with Gasteiger partial charge in [-0.3, -0.25) is 4.57 Å². The molecule has 0 radical (unpaired) electrons. The molecule has 0 bridgehead atoms. The summed E-state index contributed by atoms with van der Waals surface area (Å²) in [6, 6.07) is 59.2. The number of aromatic nitrogens is 4. The lowest BCUT2D eigenvalue weighted by Crippen LogP contribution is -2.04. The first-order chi connectivity index (χ1) is 25.3. The van der Waals surface area contributed by atoms with Gasteiger partial charge in [0.05, 0.1) is 22.8 Å². The maximum atomic E-state index is 5.26. The van der Waals surface area contributed by atoms with Crippen LogP contribution in [0.2, 0.25) is 0 Å². The molecular weight excluding hydrogens is 621 g/mol. The highest BCUT2D eigenvalue weighted by atomic mass is 15.1. The summed E-state index contributed by atoms with van der Waals surface area (Å²) >= 11 is 0. The van der Waals surface area contributed by atoms with Crippen molar-refractivity contribution in [2.24, 2.45) is 0 Å². The van der Waals surface area contributed by atoms with Gasteiger partial charge in [-0.1, -0.05) is 164 Å². The molecule has 51 heavy (non-hydrogen) atoms. The van der Waals surface area contributed by atoms with Crippen molar-refractivity contribution in [3.05, 3.63) is 187 Å². The van der Waals surface area contributed by atoms with E-state index in [2.05, 4.69) is 156 Å². The molecular formula is C47H34N4. The highest BCUT2D eigenvalue weighted by molar-refractivity contribution is 5.92. The summed E-state index contributed by atoms with van der Waals surface area (Å²) in [6.45, 7) is 0. The van der Waals surface area contributed by atoms with Crippen LogP contribution in [0.3, 0.4) is 0 Å². The molecule has 0 spiro atoms. The Balaban J connectivity index is 1.12. The number of rotatable bonds is 7. The summed E-state index contributed by atoms with van der Waals surface area (Å²) in [6.07, 6.45) is 6.39. The van der Waals surface area contributed by atoms with E-state index in [1.54, 1.807) is 0 Å². The molecule has 0 amide bonds. The van der Waals surface area contributed by atoms with Crippen molar-refractivity contribution in [2.45, 2.75) is 12.8 Å². The average molecular weight is 655 g/mol. The Hall–Kier alpha value is -6.65. The third kappa shape index (κ3) is 5.87. The number of hydrogen-bond acceptors (Lipinski definition) is 3. The molecule has 0 aliphatic heterocycles. The van der Waals surface area contributed by atoms with E-state index in [0.717, 1.165) is 85.9 Å². The third-order valence-corrected chi connectivity index (χ3v) is 9.53. The van der Waals surface area contributed by atoms with Crippen molar-refractivity contribution >= 4 is 6.08 Å². The number of allylic oxidation sites excluding steroid dienone is 1. The van der Waals surface area contributed by atoms with Crippen molar-refractivity contribution in [3.63, 3.8) is 0 Å². The molecule has 0 saturated heterocycles. The third-order valence-electron chi connectivity index (χ3n) is 9.53. The van der Waals surface area contributed by atoms with Crippen LogP contribution in [0.5, 0.6) is 0 Å².